The van der Waals surface area contributed by atoms with Crippen molar-refractivity contribution in [3.05, 3.63) is 75.7 Å². The van der Waals surface area contributed by atoms with Gasteiger partial charge in [-0.1, -0.05) is 61.0 Å². The van der Waals surface area contributed by atoms with E-state index in [1.54, 1.807) is 12.1 Å². The van der Waals surface area contributed by atoms with E-state index in [4.69, 9.17) is 5.73 Å². The highest BCUT2D eigenvalue weighted by Gasteiger charge is 2.27. The highest BCUT2D eigenvalue weighted by molar-refractivity contribution is 7.98. The molecule has 2 aromatic carbocycles. The molecule has 2 aliphatic rings. The van der Waals surface area contributed by atoms with E-state index in [2.05, 4.69) is 14.7 Å². The number of aryl methyl sites for hydroxylation is 1. The molecule has 0 amide bonds. The van der Waals surface area contributed by atoms with Gasteiger partial charge in [0.25, 0.3) is 5.56 Å². The van der Waals surface area contributed by atoms with Gasteiger partial charge in [0.2, 0.25) is 10.0 Å². The summed E-state index contributed by atoms with van der Waals surface area (Å²) >= 11 is 1.53. The van der Waals surface area contributed by atoms with Gasteiger partial charge in [-0.3, -0.25) is 4.79 Å². The molecule has 1 saturated carbocycles. The van der Waals surface area contributed by atoms with Crippen LogP contribution in [0.15, 0.2) is 63.4 Å². The summed E-state index contributed by atoms with van der Waals surface area (Å²) in [5.41, 5.74) is 11.0. The second-order valence-electron chi connectivity index (χ2n) is 9.34. The number of H-pyrrole nitrogens is 1. The number of fused-ring (bicyclic) bond motifs is 1. The molecule has 35 heavy (non-hydrogen) atoms. The van der Waals surface area contributed by atoms with Crippen LogP contribution in [0, 0.1) is 0 Å². The molecule has 5 rings (SSSR count). The van der Waals surface area contributed by atoms with Crippen LogP contribution < -0.4 is 16.0 Å². The summed E-state index contributed by atoms with van der Waals surface area (Å²) in [7, 11) is -3.60. The normalized spacial score (nSPS) is 20.0. The van der Waals surface area contributed by atoms with Crippen LogP contribution in [0.4, 0.5) is 0 Å². The van der Waals surface area contributed by atoms with E-state index in [9.17, 15) is 13.2 Å². The molecule has 0 saturated heterocycles. The third kappa shape index (κ3) is 5.53. The van der Waals surface area contributed by atoms with E-state index in [0.29, 0.717) is 10.9 Å². The van der Waals surface area contributed by atoms with Crippen molar-refractivity contribution in [2.75, 3.05) is 0 Å². The fourth-order valence-corrected chi connectivity index (χ4v) is 6.99. The molecule has 0 bridgehead atoms. The van der Waals surface area contributed by atoms with Crippen LogP contribution >= 0.6 is 11.8 Å². The average Bonchev–Trinajstić information content (AvgIpc) is 3.34. The number of benzene rings is 2. The van der Waals surface area contributed by atoms with Gasteiger partial charge in [0, 0.05) is 23.4 Å². The molecule has 184 valence electrons. The Hall–Kier alpha value is -2.46. The van der Waals surface area contributed by atoms with E-state index in [1.807, 2.05) is 36.4 Å². The number of aromatic nitrogens is 2. The lowest BCUT2D eigenvalue weighted by atomic mass is 9.92. The largest absolute Gasteiger partial charge is 0.326 e. The van der Waals surface area contributed by atoms with Gasteiger partial charge < -0.3 is 10.7 Å². The Morgan fingerprint density at radius 1 is 0.971 bits per heavy atom. The summed E-state index contributed by atoms with van der Waals surface area (Å²) in [6.07, 6.45) is 6.38. The summed E-state index contributed by atoms with van der Waals surface area (Å²) in [6.45, 7) is 0. The number of sulfonamides is 1. The van der Waals surface area contributed by atoms with E-state index in [1.165, 1.54) is 11.8 Å². The summed E-state index contributed by atoms with van der Waals surface area (Å²) in [5.74, 6) is 0.703. The molecule has 1 heterocycles. The van der Waals surface area contributed by atoms with Gasteiger partial charge in [-0.15, -0.1) is 0 Å². The molecule has 0 spiro atoms. The van der Waals surface area contributed by atoms with Crippen LogP contribution in [0.2, 0.25) is 0 Å². The lowest BCUT2D eigenvalue weighted by molar-refractivity contribution is 0.361. The number of hydrogen-bond donors (Lipinski definition) is 3. The van der Waals surface area contributed by atoms with Gasteiger partial charge in [-0.05, 0) is 60.9 Å². The van der Waals surface area contributed by atoms with Crippen LogP contribution in [0.1, 0.15) is 48.9 Å². The minimum Gasteiger partial charge on any atom is -0.326 e. The molecule has 0 aliphatic heterocycles. The van der Waals surface area contributed by atoms with Crippen LogP contribution in [-0.4, -0.2) is 30.5 Å². The van der Waals surface area contributed by atoms with E-state index in [-0.39, 0.29) is 22.5 Å². The van der Waals surface area contributed by atoms with Crippen LogP contribution in [0.3, 0.4) is 0 Å². The molecule has 2 atom stereocenters. The van der Waals surface area contributed by atoms with Gasteiger partial charge in [0.05, 0.1) is 10.6 Å². The van der Waals surface area contributed by atoms with Gasteiger partial charge in [-0.25, -0.2) is 18.1 Å². The van der Waals surface area contributed by atoms with Crippen molar-refractivity contribution in [3.63, 3.8) is 0 Å². The molecule has 1 unspecified atom stereocenters. The van der Waals surface area contributed by atoms with Crippen LogP contribution in [0.5, 0.6) is 0 Å². The van der Waals surface area contributed by atoms with Crippen molar-refractivity contribution in [2.45, 2.75) is 72.8 Å². The second-order valence-corrected chi connectivity index (χ2v) is 12.0. The fourth-order valence-electron chi connectivity index (χ4n) is 4.83. The smallest absolute Gasteiger partial charge is 0.254 e. The highest BCUT2D eigenvalue weighted by atomic mass is 32.2. The first-order valence-corrected chi connectivity index (χ1v) is 14.6. The first-order valence-electron chi connectivity index (χ1n) is 12.1. The third-order valence-corrected chi connectivity index (χ3v) is 9.32. The predicted molar refractivity (Wildman–Crippen MR) is 139 cm³/mol. The number of rotatable bonds is 7. The molecule has 7 nitrogen and oxygen atoms in total. The van der Waals surface area contributed by atoms with Crippen LogP contribution in [0.25, 0.3) is 11.1 Å². The maximum absolute atomic E-state index is 12.8. The quantitative estimate of drug-likeness (QED) is 0.329. The Kier molecular flexibility index (Phi) is 7.11. The van der Waals surface area contributed by atoms with E-state index in [0.717, 1.165) is 72.9 Å². The Bertz CT molecular complexity index is 1350. The zero-order valence-corrected chi connectivity index (χ0v) is 21.1. The Morgan fingerprint density at radius 2 is 1.66 bits per heavy atom. The second kappa shape index (κ2) is 10.3. The first kappa shape index (κ1) is 24.2. The number of nitrogens with one attached hydrogen (secondary N) is 2. The predicted octanol–water partition coefficient (Wildman–Crippen LogP) is 3.77. The molecule has 4 N–H and O–H groups in total. The van der Waals surface area contributed by atoms with Gasteiger partial charge in [0.1, 0.15) is 0 Å². The molecule has 0 radical (unpaired) electrons. The summed E-state index contributed by atoms with van der Waals surface area (Å²) in [6, 6.07) is 14.8. The number of hydrogen-bond acceptors (Lipinski definition) is 6. The minimum absolute atomic E-state index is 0.00686. The SMILES string of the molecule is N[C@@H]1CCCCC1NS(=O)(=O)c1ccc(-c2ccc(CSc3nc4c(c(=O)[nH]3)CCC4)cc2)cc1. The lowest BCUT2D eigenvalue weighted by Gasteiger charge is -2.29. The van der Waals surface area contributed by atoms with Crippen molar-refractivity contribution in [2.24, 2.45) is 5.73 Å². The molecule has 1 aromatic heterocycles. The maximum Gasteiger partial charge on any atom is 0.254 e. The third-order valence-electron chi connectivity index (χ3n) is 6.87. The van der Waals surface area contributed by atoms with Gasteiger partial charge in [0.15, 0.2) is 5.16 Å². The highest BCUT2D eigenvalue weighted by Crippen LogP contribution is 2.26. The maximum atomic E-state index is 12.8. The molecular formula is C26H30N4O3S2. The number of nitrogens with two attached hydrogens (primary N) is 1. The summed E-state index contributed by atoms with van der Waals surface area (Å²) in [5, 5.41) is 0.666. The topological polar surface area (TPSA) is 118 Å². The first-order chi connectivity index (χ1) is 16.9. The van der Waals surface area contributed by atoms with Crippen molar-refractivity contribution in [3.8, 4) is 11.1 Å². The Labute approximate surface area is 210 Å². The molecule has 2 aliphatic carbocycles. The number of thioether (sulfide) groups is 1. The fraction of sp³-hybridized carbons (Fsp3) is 0.385. The zero-order valence-electron chi connectivity index (χ0n) is 19.5. The standard InChI is InChI=1S/C26H30N4O3S2/c27-22-5-1-2-6-24(22)30-35(32,33)20-14-12-19(13-15-20)18-10-8-17(9-11-18)16-34-26-28-23-7-3-4-21(23)25(31)29-26/h8-15,22,24,30H,1-7,16,27H2,(H,28,29,31)/t22-,24?/m1/s1. The molecule has 1 fully saturated rings. The van der Waals surface area contributed by atoms with Crippen molar-refractivity contribution >= 4 is 21.8 Å². The molecule has 9 heteroatoms. The number of aromatic amines is 1. The molecule has 3 aromatic rings. The number of nitrogens with zero attached hydrogens (tertiary/aromatic N) is 1. The van der Waals surface area contributed by atoms with Gasteiger partial charge >= 0.3 is 0 Å². The van der Waals surface area contributed by atoms with Crippen LogP contribution in [-0.2, 0) is 28.6 Å². The monoisotopic (exact) mass is 510 g/mol. The zero-order chi connectivity index (χ0) is 24.4. The minimum atomic E-state index is -3.60. The van der Waals surface area contributed by atoms with E-state index < -0.39 is 10.0 Å². The van der Waals surface area contributed by atoms with E-state index >= 15 is 0 Å². The van der Waals surface area contributed by atoms with Crippen molar-refractivity contribution in [1.29, 1.82) is 0 Å². The Balaban J connectivity index is 1.22. The lowest BCUT2D eigenvalue weighted by Crippen LogP contribution is -2.49. The molecular weight excluding hydrogens is 480 g/mol. The average molecular weight is 511 g/mol. The summed E-state index contributed by atoms with van der Waals surface area (Å²) < 4.78 is 28.4. The van der Waals surface area contributed by atoms with Crippen molar-refractivity contribution < 1.29 is 8.42 Å². The van der Waals surface area contributed by atoms with Crippen molar-refractivity contribution in [1.82, 2.24) is 14.7 Å². The van der Waals surface area contributed by atoms with Gasteiger partial charge in [-0.2, -0.15) is 0 Å². The Morgan fingerprint density at radius 3 is 2.37 bits per heavy atom. The summed E-state index contributed by atoms with van der Waals surface area (Å²) in [4.78, 5) is 19.9.